The van der Waals surface area contributed by atoms with E-state index < -0.39 is 30.1 Å². The largest absolute Gasteiger partial charge is 0.497 e. The summed E-state index contributed by atoms with van der Waals surface area (Å²) in [5.74, 6) is 1.45. The van der Waals surface area contributed by atoms with Crippen LogP contribution in [0.5, 0.6) is 17.5 Å². The number of methoxy groups -OCH3 is 2. The topological polar surface area (TPSA) is 101 Å². The Balaban J connectivity index is 1.39. The fraction of sp³-hybridized carbons (Fsp3) is 0.290. The average Bonchev–Trinajstić information content (AvgIpc) is 3.49. The fourth-order valence-electron chi connectivity index (χ4n) is 5.43. The van der Waals surface area contributed by atoms with Crippen LogP contribution in [0.15, 0.2) is 89.9 Å². The Morgan fingerprint density at radius 1 is 0.900 bits per heavy atom. The molecule has 206 valence electrons. The Kier molecular flexibility index (Phi) is 6.79. The number of hydrogen-bond donors (Lipinski definition) is 1. The first-order valence-corrected chi connectivity index (χ1v) is 13.0. The first-order valence-electron chi connectivity index (χ1n) is 13.0. The smallest absolute Gasteiger partial charge is 0.302 e. The Labute approximate surface area is 231 Å². The molecule has 3 aromatic carbocycles. The fourth-order valence-corrected chi connectivity index (χ4v) is 5.43. The number of fused-ring (bicyclic) bond motifs is 3. The van der Waals surface area contributed by atoms with Crippen molar-refractivity contribution in [3.8, 4) is 17.5 Å². The van der Waals surface area contributed by atoms with Crippen molar-refractivity contribution in [1.82, 2.24) is 9.55 Å². The van der Waals surface area contributed by atoms with Crippen molar-refractivity contribution >= 4 is 0 Å². The second kappa shape index (κ2) is 10.4. The molecule has 4 aromatic rings. The third-order valence-corrected chi connectivity index (χ3v) is 7.55. The van der Waals surface area contributed by atoms with Crippen LogP contribution in [0.3, 0.4) is 0 Å². The van der Waals surface area contributed by atoms with E-state index in [9.17, 15) is 9.90 Å². The predicted molar refractivity (Wildman–Crippen MR) is 146 cm³/mol. The van der Waals surface area contributed by atoms with Crippen LogP contribution in [0.2, 0.25) is 0 Å². The summed E-state index contributed by atoms with van der Waals surface area (Å²) >= 11 is 0. The van der Waals surface area contributed by atoms with E-state index in [0.717, 1.165) is 28.2 Å². The molecule has 9 nitrogen and oxygen atoms in total. The van der Waals surface area contributed by atoms with E-state index >= 15 is 0 Å². The van der Waals surface area contributed by atoms with Gasteiger partial charge in [-0.1, -0.05) is 54.6 Å². The maximum absolute atomic E-state index is 12.0. The lowest BCUT2D eigenvalue weighted by molar-refractivity contribution is -0.0936. The van der Waals surface area contributed by atoms with Gasteiger partial charge < -0.3 is 28.8 Å². The molecule has 4 atom stereocenters. The van der Waals surface area contributed by atoms with Gasteiger partial charge in [0.2, 0.25) is 0 Å². The molecule has 0 spiro atoms. The lowest BCUT2D eigenvalue weighted by Gasteiger charge is -2.37. The summed E-state index contributed by atoms with van der Waals surface area (Å²) in [5.41, 5.74) is 1.69. The number of hydrogen-bond acceptors (Lipinski definition) is 8. The molecule has 0 radical (unpaired) electrons. The van der Waals surface area contributed by atoms with Gasteiger partial charge in [0, 0.05) is 11.8 Å². The van der Waals surface area contributed by atoms with Crippen LogP contribution in [0.1, 0.15) is 28.5 Å². The third-order valence-electron chi connectivity index (χ3n) is 7.55. The number of aryl methyl sites for hydroxylation is 1. The lowest BCUT2D eigenvalue weighted by Crippen LogP contribution is -2.40. The minimum atomic E-state index is -1.05. The van der Waals surface area contributed by atoms with Crippen molar-refractivity contribution in [1.29, 1.82) is 0 Å². The standard InChI is InChI=1S/C31H30N2O7/c1-19-17-33-29-27(40-30(33)32-28(19)35)26(34)25(39-29)18-38-31(20-7-5-4-6-8-20,21-9-13-23(36-2)14-10-21)22-11-15-24(37-3)16-12-22/h4-17,25-27,29,34H,18H2,1-3H3/t25-,26-,27-,29-/m1/s1. The summed E-state index contributed by atoms with van der Waals surface area (Å²) in [6.07, 6.45) is -1.41. The van der Waals surface area contributed by atoms with Crippen molar-refractivity contribution in [2.24, 2.45) is 0 Å². The monoisotopic (exact) mass is 542 g/mol. The van der Waals surface area contributed by atoms with E-state index in [1.165, 1.54) is 0 Å². The molecule has 1 saturated heterocycles. The van der Waals surface area contributed by atoms with Gasteiger partial charge in [0.1, 0.15) is 29.3 Å². The maximum atomic E-state index is 12.0. The van der Waals surface area contributed by atoms with Gasteiger partial charge in [0.15, 0.2) is 12.3 Å². The lowest BCUT2D eigenvalue weighted by atomic mass is 9.80. The molecule has 6 rings (SSSR count). The Morgan fingerprint density at radius 3 is 2.05 bits per heavy atom. The van der Waals surface area contributed by atoms with Crippen LogP contribution in [-0.4, -0.2) is 53.8 Å². The summed E-state index contributed by atoms with van der Waals surface area (Å²) in [6.45, 7) is 1.73. The zero-order valence-corrected chi connectivity index (χ0v) is 22.4. The number of aliphatic hydroxyl groups excluding tert-OH is 1. The highest BCUT2D eigenvalue weighted by Gasteiger charge is 2.52. The molecule has 0 aliphatic carbocycles. The molecule has 9 heteroatoms. The normalized spacial score (nSPS) is 21.4. The van der Waals surface area contributed by atoms with Crippen LogP contribution in [0.25, 0.3) is 0 Å². The zero-order chi connectivity index (χ0) is 27.9. The molecule has 0 bridgehead atoms. The van der Waals surface area contributed by atoms with Crippen LogP contribution in [-0.2, 0) is 15.1 Å². The first-order chi connectivity index (χ1) is 19.4. The molecule has 2 aliphatic heterocycles. The van der Waals surface area contributed by atoms with Gasteiger partial charge in [-0.15, -0.1) is 0 Å². The first kappa shape index (κ1) is 26.1. The Bertz CT molecular complexity index is 1490. The molecular formula is C31H30N2O7. The second-order valence-corrected chi connectivity index (χ2v) is 9.87. The van der Waals surface area contributed by atoms with E-state index in [1.807, 2.05) is 78.9 Å². The molecule has 2 aliphatic rings. The number of nitrogens with zero attached hydrogens (tertiary/aromatic N) is 2. The molecule has 3 heterocycles. The van der Waals surface area contributed by atoms with Crippen LogP contribution >= 0.6 is 0 Å². The molecule has 0 amide bonds. The predicted octanol–water partition coefficient (Wildman–Crippen LogP) is 3.60. The van der Waals surface area contributed by atoms with Gasteiger partial charge >= 0.3 is 6.01 Å². The molecule has 1 fully saturated rings. The number of aromatic nitrogens is 2. The maximum Gasteiger partial charge on any atom is 0.302 e. The minimum Gasteiger partial charge on any atom is -0.497 e. The molecule has 40 heavy (non-hydrogen) atoms. The molecule has 0 unspecified atom stereocenters. The van der Waals surface area contributed by atoms with Crippen molar-refractivity contribution in [2.45, 2.75) is 37.1 Å². The summed E-state index contributed by atoms with van der Waals surface area (Å²) < 4.78 is 31.5. The van der Waals surface area contributed by atoms with E-state index in [0.29, 0.717) is 5.56 Å². The van der Waals surface area contributed by atoms with E-state index in [1.54, 1.807) is 31.9 Å². The quantitative estimate of drug-likeness (QED) is 0.337. The number of rotatable bonds is 8. The SMILES string of the molecule is COc1ccc(C(OC[C@H]2O[C@@H]3[C@H](Oc4nc(=O)c(C)cn43)[C@@H]2O)(c2ccccc2)c2ccc(OC)cc2)cc1. The van der Waals surface area contributed by atoms with Gasteiger partial charge in [-0.3, -0.25) is 9.36 Å². The minimum absolute atomic E-state index is 0.0480. The molecule has 0 saturated carbocycles. The highest BCUT2D eigenvalue weighted by Crippen LogP contribution is 2.44. The number of benzene rings is 3. The Morgan fingerprint density at radius 2 is 1.48 bits per heavy atom. The molecule has 1 N–H and O–H groups in total. The zero-order valence-electron chi connectivity index (χ0n) is 22.4. The van der Waals surface area contributed by atoms with Gasteiger partial charge in [0.25, 0.3) is 5.56 Å². The number of aliphatic hydroxyl groups is 1. The van der Waals surface area contributed by atoms with Gasteiger partial charge in [-0.2, -0.15) is 4.98 Å². The third kappa shape index (κ3) is 4.32. The van der Waals surface area contributed by atoms with Crippen LogP contribution < -0.4 is 19.8 Å². The van der Waals surface area contributed by atoms with Crippen molar-refractivity contribution in [3.63, 3.8) is 0 Å². The van der Waals surface area contributed by atoms with Crippen molar-refractivity contribution in [3.05, 3.63) is 118 Å². The van der Waals surface area contributed by atoms with Gasteiger partial charge in [0.05, 0.1) is 20.8 Å². The average molecular weight is 543 g/mol. The van der Waals surface area contributed by atoms with Crippen LogP contribution in [0.4, 0.5) is 0 Å². The molecular weight excluding hydrogens is 512 g/mol. The summed E-state index contributed by atoms with van der Waals surface area (Å²) in [5, 5.41) is 11.2. The van der Waals surface area contributed by atoms with Crippen molar-refractivity contribution < 1.29 is 28.8 Å². The highest BCUT2D eigenvalue weighted by atomic mass is 16.6. The summed E-state index contributed by atoms with van der Waals surface area (Å²) in [7, 11) is 3.25. The van der Waals surface area contributed by atoms with E-state index in [-0.39, 0.29) is 18.2 Å². The summed E-state index contributed by atoms with van der Waals surface area (Å²) in [6, 6.07) is 25.5. The van der Waals surface area contributed by atoms with Gasteiger partial charge in [-0.05, 0) is 47.9 Å². The second-order valence-electron chi connectivity index (χ2n) is 9.87. The van der Waals surface area contributed by atoms with E-state index in [4.69, 9.17) is 23.7 Å². The van der Waals surface area contributed by atoms with Gasteiger partial charge in [-0.25, -0.2) is 0 Å². The number of ether oxygens (including phenoxy) is 5. The van der Waals surface area contributed by atoms with E-state index in [2.05, 4.69) is 4.98 Å². The summed E-state index contributed by atoms with van der Waals surface area (Å²) in [4.78, 5) is 16.0. The van der Waals surface area contributed by atoms with Crippen molar-refractivity contribution in [2.75, 3.05) is 20.8 Å². The van der Waals surface area contributed by atoms with Crippen LogP contribution in [0, 0.1) is 6.92 Å². The molecule has 1 aromatic heterocycles. The Hall–Kier alpha value is -4.18. The highest BCUT2D eigenvalue weighted by molar-refractivity contribution is 5.49.